The van der Waals surface area contributed by atoms with E-state index in [0.717, 1.165) is 25.7 Å². The van der Waals surface area contributed by atoms with Gasteiger partial charge in [-0.3, -0.25) is 9.59 Å². The van der Waals surface area contributed by atoms with Crippen LogP contribution in [-0.4, -0.2) is 29.1 Å². The molecule has 4 fully saturated rings. The Bertz CT molecular complexity index is 615. The van der Waals surface area contributed by atoms with Crippen LogP contribution in [0.15, 0.2) is 0 Å². The first-order valence-corrected chi connectivity index (χ1v) is 10.7. The minimum atomic E-state index is -0.197. The summed E-state index contributed by atoms with van der Waals surface area (Å²) in [7, 11) is 0. The first-order chi connectivity index (χ1) is 11.9. The molecule has 4 rings (SSSR count). The molecule has 3 nitrogen and oxygen atoms in total. The first-order valence-electron chi connectivity index (χ1n) is 10.4. The zero-order chi connectivity index (χ0) is 19.3. The van der Waals surface area contributed by atoms with Crippen LogP contribution >= 0.6 is 11.8 Å². The van der Waals surface area contributed by atoms with Crippen molar-refractivity contribution in [1.29, 1.82) is 0 Å². The number of nitrogens with zero attached hydrogens (tertiary/aromatic N) is 1. The number of ketones is 2. The number of Topliss-reactive ketones (excluding diaryl/α,β-unsaturated/α-hetero) is 2. The summed E-state index contributed by atoms with van der Waals surface area (Å²) < 4.78 is 1.78. The van der Waals surface area contributed by atoms with Crippen molar-refractivity contribution < 1.29 is 9.59 Å². The predicted octanol–water partition coefficient (Wildman–Crippen LogP) is 4.73. The molecule has 0 aliphatic heterocycles. The third kappa shape index (κ3) is 2.00. The van der Waals surface area contributed by atoms with Gasteiger partial charge in [0.15, 0.2) is 0 Å². The van der Waals surface area contributed by atoms with Gasteiger partial charge in [0.05, 0.1) is 0 Å². The zero-order valence-corrected chi connectivity index (χ0v) is 17.9. The van der Waals surface area contributed by atoms with Gasteiger partial charge in [0, 0.05) is 35.8 Å². The molecule has 6 atom stereocenters. The molecule has 0 heterocycles. The molecule has 0 aromatic carbocycles. The molecular weight excluding hydrogens is 346 g/mol. The Kier molecular flexibility index (Phi) is 3.89. The van der Waals surface area contributed by atoms with E-state index in [9.17, 15) is 9.59 Å². The Morgan fingerprint density at radius 2 is 1.15 bits per heavy atom. The molecule has 4 aliphatic carbocycles. The second kappa shape index (κ2) is 5.35. The van der Waals surface area contributed by atoms with E-state index in [0.29, 0.717) is 36.5 Å². The van der Waals surface area contributed by atoms with E-state index in [4.69, 9.17) is 11.8 Å². The third-order valence-electron chi connectivity index (χ3n) is 10.1. The van der Waals surface area contributed by atoms with Crippen LogP contribution in [0.3, 0.4) is 0 Å². The van der Waals surface area contributed by atoms with E-state index in [-0.39, 0.29) is 33.5 Å². The summed E-state index contributed by atoms with van der Waals surface area (Å²) in [4.78, 5) is 26.1. The van der Waals surface area contributed by atoms with Gasteiger partial charge in [0.25, 0.3) is 0 Å². The second-order valence-electron chi connectivity index (χ2n) is 11.2. The highest BCUT2D eigenvalue weighted by Gasteiger charge is 2.67. The highest BCUT2D eigenvalue weighted by Crippen LogP contribution is 2.67. The maximum absolute atomic E-state index is 13.1. The summed E-state index contributed by atoms with van der Waals surface area (Å²) in [6.07, 6.45) is 4.28. The maximum atomic E-state index is 13.1. The summed E-state index contributed by atoms with van der Waals surface area (Å²) in [6, 6.07) is 0. The molecule has 0 unspecified atom stereocenters. The van der Waals surface area contributed by atoms with Gasteiger partial charge in [0.2, 0.25) is 0 Å². The van der Waals surface area contributed by atoms with Gasteiger partial charge in [-0.05, 0) is 60.1 Å². The van der Waals surface area contributed by atoms with Gasteiger partial charge in [-0.1, -0.05) is 41.5 Å². The molecule has 0 spiro atoms. The average Bonchev–Trinajstić information content (AvgIpc) is 3.02. The highest BCUT2D eigenvalue weighted by molar-refractivity contribution is 6.13. The molecule has 0 amide bonds. The molecule has 0 radical (unpaired) electrons. The van der Waals surface area contributed by atoms with Gasteiger partial charge < -0.3 is 0 Å². The summed E-state index contributed by atoms with van der Waals surface area (Å²) in [5.41, 5.74) is -0.274. The molecule has 4 saturated carbocycles. The van der Waals surface area contributed by atoms with Crippen molar-refractivity contribution in [3.8, 4) is 0 Å². The molecule has 4 bridgehead atoms. The lowest BCUT2D eigenvalue weighted by Crippen LogP contribution is -2.39. The van der Waals surface area contributed by atoms with Crippen LogP contribution in [0.2, 0.25) is 0 Å². The van der Waals surface area contributed by atoms with E-state index < -0.39 is 0 Å². The lowest BCUT2D eigenvalue weighted by atomic mass is 9.70. The quantitative estimate of drug-likeness (QED) is 0.663. The van der Waals surface area contributed by atoms with Crippen LogP contribution in [0.1, 0.15) is 67.2 Å². The second-order valence-corrected chi connectivity index (χ2v) is 11.6. The zero-order valence-electron chi connectivity index (χ0n) is 17.2. The van der Waals surface area contributed by atoms with Crippen LogP contribution in [0, 0.1) is 45.3 Å². The number of halogens is 1. The number of hydrogen-bond donors (Lipinski definition) is 0. The fourth-order valence-electron chi connectivity index (χ4n) is 7.47. The fourth-order valence-corrected chi connectivity index (χ4v) is 7.77. The maximum Gasteiger partial charge on any atom is 0.143 e. The number of rotatable bonds is 4. The van der Waals surface area contributed by atoms with E-state index in [1.807, 2.05) is 0 Å². The molecule has 0 aromatic rings. The van der Waals surface area contributed by atoms with E-state index in [2.05, 4.69) is 41.5 Å². The normalized spacial score (nSPS) is 48.2. The lowest BCUT2D eigenvalue weighted by Gasteiger charge is -2.32. The van der Waals surface area contributed by atoms with Gasteiger partial charge >= 0.3 is 0 Å². The Hall–Kier alpha value is -0.410. The molecule has 0 N–H and O–H groups in total. The van der Waals surface area contributed by atoms with Crippen molar-refractivity contribution in [2.24, 2.45) is 45.3 Å². The Morgan fingerprint density at radius 3 is 1.42 bits per heavy atom. The fraction of sp³-hybridized carbons (Fsp3) is 0.909. The van der Waals surface area contributed by atoms with Crippen molar-refractivity contribution in [2.75, 3.05) is 13.1 Å². The van der Waals surface area contributed by atoms with Crippen molar-refractivity contribution >= 4 is 23.3 Å². The molecule has 26 heavy (non-hydrogen) atoms. The van der Waals surface area contributed by atoms with Crippen LogP contribution in [0.5, 0.6) is 0 Å². The standard InChI is InChI=1S/C22H34ClNO2/c1-19(2)15-7-9-21(19,5)17(25)13(15)11-24(23)12-14-16-8-10-22(6,18(14)26)20(16,3)4/h13-16H,7-12H2,1-6H3/t13-,14+,15-,16+,21-,22-/m1/s1. The Morgan fingerprint density at radius 1 is 0.808 bits per heavy atom. The minimum Gasteiger partial charge on any atom is -0.299 e. The first kappa shape index (κ1) is 18.9. The largest absolute Gasteiger partial charge is 0.299 e. The summed E-state index contributed by atoms with van der Waals surface area (Å²) in [5, 5.41) is 0. The van der Waals surface area contributed by atoms with Crippen molar-refractivity contribution in [2.45, 2.75) is 67.2 Å². The van der Waals surface area contributed by atoms with E-state index in [1.165, 1.54) is 0 Å². The van der Waals surface area contributed by atoms with Crippen LogP contribution < -0.4 is 0 Å². The lowest BCUT2D eigenvalue weighted by molar-refractivity contribution is -0.132. The summed E-state index contributed by atoms with van der Waals surface area (Å²) in [6.45, 7) is 14.5. The Balaban J connectivity index is 1.47. The molecule has 0 saturated heterocycles. The molecular formula is C22H34ClNO2. The molecule has 4 aliphatic rings. The molecule has 0 aromatic heterocycles. The molecule has 146 valence electrons. The summed E-state index contributed by atoms with van der Waals surface area (Å²) in [5.74, 6) is 1.70. The van der Waals surface area contributed by atoms with E-state index >= 15 is 0 Å². The average molecular weight is 380 g/mol. The topological polar surface area (TPSA) is 37.4 Å². The van der Waals surface area contributed by atoms with Crippen molar-refractivity contribution in [3.63, 3.8) is 0 Å². The highest BCUT2D eigenvalue weighted by atomic mass is 35.5. The van der Waals surface area contributed by atoms with Gasteiger partial charge in [-0.15, -0.1) is 0 Å². The summed E-state index contributed by atoms with van der Waals surface area (Å²) >= 11 is 6.65. The van der Waals surface area contributed by atoms with Gasteiger partial charge in [0.1, 0.15) is 11.6 Å². The molecule has 4 heteroatoms. The van der Waals surface area contributed by atoms with E-state index in [1.54, 1.807) is 4.42 Å². The minimum absolute atomic E-state index is 0.0264. The van der Waals surface area contributed by atoms with Gasteiger partial charge in [-0.2, -0.15) is 0 Å². The Labute approximate surface area is 163 Å². The SMILES string of the molecule is CC1(C)[C@@H]2CC[C@]1(C)C(=O)[C@@H]2CN(Cl)C[C@@H]1C(=O)[C@@]2(C)CC[C@@H]1C2(C)C. The van der Waals surface area contributed by atoms with Gasteiger partial charge in [-0.25, -0.2) is 4.42 Å². The third-order valence-corrected chi connectivity index (χ3v) is 10.4. The smallest absolute Gasteiger partial charge is 0.143 e. The van der Waals surface area contributed by atoms with Crippen LogP contribution in [0.25, 0.3) is 0 Å². The van der Waals surface area contributed by atoms with Crippen LogP contribution in [0.4, 0.5) is 0 Å². The predicted molar refractivity (Wildman–Crippen MR) is 104 cm³/mol. The number of hydrogen-bond acceptors (Lipinski definition) is 3. The number of carbonyl (C=O) groups excluding carboxylic acids is 2. The van der Waals surface area contributed by atoms with Crippen LogP contribution in [-0.2, 0) is 9.59 Å². The number of carbonyl (C=O) groups is 2. The van der Waals surface area contributed by atoms with Crippen molar-refractivity contribution in [3.05, 3.63) is 0 Å². The number of fused-ring (bicyclic) bond motifs is 4. The monoisotopic (exact) mass is 379 g/mol. The van der Waals surface area contributed by atoms with Crippen molar-refractivity contribution in [1.82, 2.24) is 4.42 Å².